The summed E-state index contributed by atoms with van der Waals surface area (Å²) in [5, 5.41) is 3.48. The Morgan fingerprint density at radius 3 is 2.65 bits per heavy atom. The quantitative estimate of drug-likeness (QED) is 0.809. The molecule has 0 spiro atoms. The third kappa shape index (κ3) is 3.96. The molecule has 0 fully saturated rings. The molecule has 1 aromatic rings. The zero-order valence-corrected chi connectivity index (χ0v) is 12.9. The Kier molecular flexibility index (Phi) is 5.40. The Bertz CT molecular complexity index is 406. The van der Waals surface area contributed by atoms with Gasteiger partial charge >= 0.3 is 0 Å². The third-order valence-corrected chi connectivity index (χ3v) is 3.84. The molecule has 0 aromatic heterocycles. The summed E-state index contributed by atoms with van der Waals surface area (Å²) in [7, 11) is 0. The van der Waals surface area contributed by atoms with E-state index in [0.29, 0.717) is 16.9 Å². The minimum absolute atomic E-state index is 0.397. The molecule has 0 aliphatic rings. The van der Waals surface area contributed by atoms with Crippen molar-refractivity contribution in [3.63, 3.8) is 0 Å². The van der Waals surface area contributed by atoms with E-state index in [1.54, 1.807) is 0 Å². The SMILES string of the molecule is CCC(C)C(C)Nc1ccc(Br)cc1C(N)=S. The summed E-state index contributed by atoms with van der Waals surface area (Å²) in [6.07, 6.45) is 1.15. The lowest BCUT2D eigenvalue weighted by Gasteiger charge is -2.22. The van der Waals surface area contributed by atoms with Crippen molar-refractivity contribution in [3.05, 3.63) is 28.2 Å². The molecule has 0 aliphatic carbocycles. The number of benzene rings is 1. The second kappa shape index (κ2) is 6.36. The first kappa shape index (κ1) is 14.5. The monoisotopic (exact) mass is 314 g/mol. The summed E-state index contributed by atoms with van der Waals surface area (Å²) in [5.41, 5.74) is 7.64. The van der Waals surface area contributed by atoms with Crippen molar-refractivity contribution in [3.8, 4) is 0 Å². The van der Waals surface area contributed by atoms with E-state index in [1.807, 2.05) is 18.2 Å². The molecule has 0 heterocycles. The van der Waals surface area contributed by atoms with E-state index < -0.39 is 0 Å². The van der Waals surface area contributed by atoms with E-state index >= 15 is 0 Å². The summed E-state index contributed by atoms with van der Waals surface area (Å²) in [5.74, 6) is 0.609. The molecule has 2 atom stereocenters. The maximum absolute atomic E-state index is 5.74. The molecule has 2 unspecified atom stereocenters. The fourth-order valence-electron chi connectivity index (χ4n) is 1.59. The number of thiocarbonyl (C=S) groups is 1. The Labute approximate surface area is 117 Å². The first-order chi connectivity index (χ1) is 7.95. The molecule has 2 nitrogen and oxygen atoms in total. The van der Waals surface area contributed by atoms with Crippen molar-refractivity contribution in [2.24, 2.45) is 11.7 Å². The molecular weight excluding hydrogens is 296 g/mol. The van der Waals surface area contributed by atoms with Crippen LogP contribution in [0.4, 0.5) is 5.69 Å². The van der Waals surface area contributed by atoms with Gasteiger partial charge in [0.1, 0.15) is 4.99 Å². The van der Waals surface area contributed by atoms with Gasteiger partial charge in [-0.25, -0.2) is 0 Å². The topological polar surface area (TPSA) is 38.0 Å². The van der Waals surface area contributed by atoms with Gasteiger partial charge in [0.15, 0.2) is 0 Å². The highest BCUT2D eigenvalue weighted by molar-refractivity contribution is 9.10. The number of nitrogens with one attached hydrogen (secondary N) is 1. The number of rotatable bonds is 5. The highest BCUT2D eigenvalue weighted by Crippen LogP contribution is 2.23. The highest BCUT2D eigenvalue weighted by atomic mass is 79.9. The lowest BCUT2D eigenvalue weighted by Crippen LogP contribution is -2.25. The summed E-state index contributed by atoms with van der Waals surface area (Å²) in [4.78, 5) is 0.421. The predicted molar refractivity (Wildman–Crippen MR) is 82.6 cm³/mol. The van der Waals surface area contributed by atoms with Gasteiger partial charge in [-0.2, -0.15) is 0 Å². The Morgan fingerprint density at radius 1 is 1.47 bits per heavy atom. The van der Waals surface area contributed by atoms with Crippen molar-refractivity contribution in [2.75, 3.05) is 5.32 Å². The van der Waals surface area contributed by atoms with Crippen LogP contribution < -0.4 is 11.1 Å². The normalized spacial score (nSPS) is 14.1. The van der Waals surface area contributed by atoms with E-state index in [4.69, 9.17) is 18.0 Å². The van der Waals surface area contributed by atoms with E-state index in [1.165, 1.54) is 0 Å². The predicted octanol–water partition coefficient (Wildman–Crippen LogP) is 3.93. The lowest BCUT2D eigenvalue weighted by atomic mass is 10.00. The first-order valence-corrected chi connectivity index (χ1v) is 7.01. The molecule has 0 saturated heterocycles. The standard InChI is InChI=1S/C13H19BrN2S/c1-4-8(2)9(3)16-12-6-5-10(14)7-11(12)13(15)17/h5-9,16H,4H2,1-3H3,(H2,15,17). The lowest BCUT2D eigenvalue weighted by molar-refractivity contribution is 0.494. The van der Waals surface area contributed by atoms with Crippen LogP contribution in [0.15, 0.2) is 22.7 Å². The second-order valence-electron chi connectivity index (χ2n) is 4.37. The Hall–Kier alpha value is -0.610. The minimum atomic E-state index is 0.397. The van der Waals surface area contributed by atoms with Gasteiger partial charge in [-0.15, -0.1) is 0 Å². The molecule has 1 rings (SSSR count). The summed E-state index contributed by atoms with van der Waals surface area (Å²) in [6, 6.07) is 6.35. The molecule has 94 valence electrons. The van der Waals surface area contributed by atoms with Gasteiger partial charge in [0.25, 0.3) is 0 Å². The average Bonchev–Trinajstić information content (AvgIpc) is 2.29. The molecule has 0 saturated carbocycles. The van der Waals surface area contributed by atoms with Gasteiger partial charge < -0.3 is 11.1 Å². The maximum atomic E-state index is 5.74. The number of halogens is 1. The van der Waals surface area contributed by atoms with Gasteiger partial charge in [0.05, 0.1) is 0 Å². The summed E-state index contributed by atoms with van der Waals surface area (Å²) >= 11 is 8.50. The molecule has 0 amide bonds. The molecule has 0 aliphatic heterocycles. The molecular formula is C13H19BrN2S. The molecule has 17 heavy (non-hydrogen) atoms. The largest absolute Gasteiger partial charge is 0.389 e. The van der Waals surface area contributed by atoms with Crippen LogP contribution in [0.1, 0.15) is 32.8 Å². The zero-order chi connectivity index (χ0) is 13.0. The first-order valence-electron chi connectivity index (χ1n) is 5.81. The smallest absolute Gasteiger partial charge is 0.106 e. The van der Waals surface area contributed by atoms with Gasteiger partial charge in [-0.3, -0.25) is 0 Å². The minimum Gasteiger partial charge on any atom is -0.389 e. The van der Waals surface area contributed by atoms with Crippen LogP contribution in [0.2, 0.25) is 0 Å². The molecule has 0 bridgehead atoms. The van der Waals surface area contributed by atoms with Gasteiger partial charge in [0.2, 0.25) is 0 Å². The molecule has 3 N–H and O–H groups in total. The summed E-state index contributed by atoms with van der Waals surface area (Å²) < 4.78 is 0.988. The van der Waals surface area contributed by atoms with Crippen LogP contribution in [0.25, 0.3) is 0 Å². The fourth-order valence-corrected chi connectivity index (χ4v) is 2.12. The molecule has 4 heteroatoms. The molecule has 0 radical (unpaired) electrons. The second-order valence-corrected chi connectivity index (χ2v) is 5.73. The van der Waals surface area contributed by atoms with Crippen molar-refractivity contribution in [1.82, 2.24) is 0 Å². The van der Waals surface area contributed by atoms with Crippen molar-refractivity contribution in [2.45, 2.75) is 33.2 Å². The van der Waals surface area contributed by atoms with Crippen LogP contribution >= 0.6 is 28.1 Å². The number of hydrogen-bond acceptors (Lipinski definition) is 2. The van der Waals surface area contributed by atoms with Crippen molar-refractivity contribution < 1.29 is 0 Å². The van der Waals surface area contributed by atoms with Crippen LogP contribution in [0.3, 0.4) is 0 Å². The van der Waals surface area contributed by atoms with Gasteiger partial charge in [-0.1, -0.05) is 48.4 Å². The van der Waals surface area contributed by atoms with E-state index in [0.717, 1.165) is 22.1 Å². The van der Waals surface area contributed by atoms with Crippen molar-refractivity contribution >= 4 is 38.8 Å². The van der Waals surface area contributed by atoms with Crippen LogP contribution in [0, 0.1) is 5.92 Å². The number of anilines is 1. The Morgan fingerprint density at radius 2 is 2.12 bits per heavy atom. The Balaban J connectivity index is 2.94. The maximum Gasteiger partial charge on any atom is 0.106 e. The summed E-state index contributed by atoms with van der Waals surface area (Å²) in [6.45, 7) is 6.61. The number of hydrogen-bond donors (Lipinski definition) is 2. The molecule has 1 aromatic carbocycles. The van der Waals surface area contributed by atoms with E-state index in [2.05, 4.69) is 42.0 Å². The van der Waals surface area contributed by atoms with Gasteiger partial charge in [0, 0.05) is 21.8 Å². The third-order valence-electron chi connectivity index (χ3n) is 3.13. The average molecular weight is 315 g/mol. The van der Waals surface area contributed by atoms with E-state index in [9.17, 15) is 0 Å². The van der Waals surface area contributed by atoms with Crippen molar-refractivity contribution in [1.29, 1.82) is 0 Å². The van der Waals surface area contributed by atoms with E-state index in [-0.39, 0.29) is 0 Å². The fraction of sp³-hybridized carbons (Fsp3) is 0.462. The highest BCUT2D eigenvalue weighted by Gasteiger charge is 2.13. The zero-order valence-electron chi connectivity index (χ0n) is 10.5. The van der Waals surface area contributed by atoms with Crippen LogP contribution in [-0.4, -0.2) is 11.0 Å². The van der Waals surface area contributed by atoms with Crippen LogP contribution in [-0.2, 0) is 0 Å². The van der Waals surface area contributed by atoms with Crippen LogP contribution in [0.5, 0.6) is 0 Å². The van der Waals surface area contributed by atoms with Gasteiger partial charge in [-0.05, 0) is 31.0 Å². The number of nitrogens with two attached hydrogens (primary N) is 1.